The van der Waals surface area contributed by atoms with Gasteiger partial charge in [0, 0.05) is 0 Å². The largest absolute Gasteiger partial charge is 0.494 e. The molecule has 0 saturated heterocycles. The number of H-pyrrole nitrogens is 1. The zero-order valence-corrected chi connectivity index (χ0v) is 11.9. The standard InChI is InChI=1S/C16H21N3O/c1-2-20-13-7-5-12(6-8-13)14-11-18-15(19-14)16(17)9-3-4-10-16/h5-8,11H,2-4,9-10,17H2,1H3,(H,18,19). The molecule has 1 heterocycles. The van der Waals surface area contributed by atoms with Gasteiger partial charge in [0.1, 0.15) is 11.6 Å². The molecule has 0 unspecified atom stereocenters. The summed E-state index contributed by atoms with van der Waals surface area (Å²) in [7, 11) is 0. The van der Waals surface area contributed by atoms with Crippen LogP contribution in [0, 0.1) is 0 Å². The van der Waals surface area contributed by atoms with E-state index >= 15 is 0 Å². The van der Waals surface area contributed by atoms with Crippen LogP contribution in [0.25, 0.3) is 11.3 Å². The van der Waals surface area contributed by atoms with Crippen molar-refractivity contribution in [2.45, 2.75) is 38.1 Å². The third kappa shape index (κ3) is 2.43. The SMILES string of the molecule is CCOc1ccc(-c2cnc(C3(N)CCCC3)[nH]2)cc1. The van der Waals surface area contributed by atoms with E-state index in [-0.39, 0.29) is 5.54 Å². The minimum atomic E-state index is -0.260. The highest BCUT2D eigenvalue weighted by atomic mass is 16.5. The Kier molecular flexibility index (Phi) is 3.49. The van der Waals surface area contributed by atoms with Crippen molar-refractivity contribution in [1.29, 1.82) is 0 Å². The first-order valence-electron chi connectivity index (χ1n) is 7.29. The van der Waals surface area contributed by atoms with Gasteiger partial charge in [0.15, 0.2) is 0 Å². The zero-order chi connectivity index (χ0) is 14.0. The van der Waals surface area contributed by atoms with Crippen molar-refractivity contribution in [2.24, 2.45) is 5.73 Å². The molecule has 1 aliphatic rings. The van der Waals surface area contributed by atoms with Crippen LogP contribution < -0.4 is 10.5 Å². The van der Waals surface area contributed by atoms with E-state index in [1.54, 1.807) is 0 Å². The minimum Gasteiger partial charge on any atom is -0.494 e. The van der Waals surface area contributed by atoms with E-state index in [2.05, 4.69) is 9.97 Å². The first-order valence-corrected chi connectivity index (χ1v) is 7.29. The fourth-order valence-corrected chi connectivity index (χ4v) is 2.86. The van der Waals surface area contributed by atoms with Crippen molar-refractivity contribution < 1.29 is 4.74 Å². The van der Waals surface area contributed by atoms with Crippen LogP contribution in [0.5, 0.6) is 5.75 Å². The quantitative estimate of drug-likeness (QED) is 0.897. The fourth-order valence-electron chi connectivity index (χ4n) is 2.86. The number of aromatic amines is 1. The van der Waals surface area contributed by atoms with Crippen molar-refractivity contribution in [2.75, 3.05) is 6.61 Å². The Balaban J connectivity index is 1.82. The van der Waals surface area contributed by atoms with Gasteiger partial charge < -0.3 is 15.5 Å². The Hall–Kier alpha value is -1.81. The van der Waals surface area contributed by atoms with E-state index in [1.165, 1.54) is 12.8 Å². The monoisotopic (exact) mass is 271 g/mol. The van der Waals surface area contributed by atoms with Crippen LogP contribution in [0.3, 0.4) is 0 Å². The van der Waals surface area contributed by atoms with Gasteiger partial charge in [-0.05, 0) is 49.6 Å². The van der Waals surface area contributed by atoms with Crippen LogP contribution >= 0.6 is 0 Å². The van der Waals surface area contributed by atoms with Gasteiger partial charge in [-0.2, -0.15) is 0 Å². The molecule has 1 aromatic carbocycles. The lowest BCUT2D eigenvalue weighted by atomic mass is 9.99. The molecular weight excluding hydrogens is 250 g/mol. The lowest BCUT2D eigenvalue weighted by molar-refractivity contribution is 0.340. The lowest BCUT2D eigenvalue weighted by Gasteiger charge is -2.20. The van der Waals surface area contributed by atoms with E-state index in [0.29, 0.717) is 6.61 Å². The summed E-state index contributed by atoms with van der Waals surface area (Å²) in [6.07, 6.45) is 6.29. The maximum absolute atomic E-state index is 6.42. The molecule has 106 valence electrons. The second kappa shape index (κ2) is 5.29. The maximum Gasteiger partial charge on any atom is 0.126 e. The second-order valence-corrected chi connectivity index (χ2v) is 5.47. The number of nitrogens with two attached hydrogens (primary N) is 1. The van der Waals surface area contributed by atoms with E-state index in [4.69, 9.17) is 10.5 Å². The number of nitrogens with one attached hydrogen (secondary N) is 1. The van der Waals surface area contributed by atoms with Crippen LogP contribution in [0.1, 0.15) is 38.4 Å². The number of imidazole rings is 1. The number of rotatable bonds is 4. The summed E-state index contributed by atoms with van der Waals surface area (Å²) >= 11 is 0. The van der Waals surface area contributed by atoms with E-state index in [9.17, 15) is 0 Å². The van der Waals surface area contributed by atoms with Crippen LogP contribution in [-0.2, 0) is 5.54 Å². The zero-order valence-electron chi connectivity index (χ0n) is 11.9. The lowest BCUT2D eigenvalue weighted by Crippen LogP contribution is -2.34. The Morgan fingerprint density at radius 1 is 1.25 bits per heavy atom. The molecule has 0 radical (unpaired) electrons. The third-order valence-corrected chi connectivity index (χ3v) is 4.02. The van der Waals surface area contributed by atoms with Crippen molar-refractivity contribution >= 4 is 0 Å². The normalized spacial score (nSPS) is 17.3. The highest BCUT2D eigenvalue weighted by molar-refractivity contribution is 5.59. The molecule has 0 aliphatic heterocycles. The van der Waals surface area contributed by atoms with Crippen molar-refractivity contribution in [1.82, 2.24) is 9.97 Å². The number of hydrogen-bond donors (Lipinski definition) is 2. The Morgan fingerprint density at radius 3 is 2.60 bits per heavy atom. The van der Waals surface area contributed by atoms with Gasteiger partial charge >= 0.3 is 0 Å². The molecule has 20 heavy (non-hydrogen) atoms. The maximum atomic E-state index is 6.42. The summed E-state index contributed by atoms with van der Waals surface area (Å²) in [6.45, 7) is 2.67. The van der Waals surface area contributed by atoms with E-state index in [0.717, 1.165) is 35.7 Å². The predicted octanol–water partition coefficient (Wildman–Crippen LogP) is 3.20. The number of benzene rings is 1. The highest BCUT2D eigenvalue weighted by Crippen LogP contribution is 2.35. The molecule has 4 heteroatoms. The van der Waals surface area contributed by atoms with Crippen molar-refractivity contribution in [3.63, 3.8) is 0 Å². The van der Waals surface area contributed by atoms with Gasteiger partial charge in [-0.3, -0.25) is 0 Å². The molecule has 1 aromatic heterocycles. The summed E-state index contributed by atoms with van der Waals surface area (Å²) < 4.78 is 5.45. The molecule has 4 nitrogen and oxygen atoms in total. The van der Waals surface area contributed by atoms with Crippen LogP contribution in [-0.4, -0.2) is 16.6 Å². The number of aromatic nitrogens is 2. The third-order valence-electron chi connectivity index (χ3n) is 4.02. The molecule has 0 bridgehead atoms. The van der Waals surface area contributed by atoms with E-state index in [1.807, 2.05) is 37.4 Å². The molecule has 3 N–H and O–H groups in total. The Morgan fingerprint density at radius 2 is 1.95 bits per heavy atom. The summed E-state index contributed by atoms with van der Waals surface area (Å²) in [5.74, 6) is 1.81. The fraction of sp³-hybridized carbons (Fsp3) is 0.438. The van der Waals surface area contributed by atoms with Crippen molar-refractivity contribution in [3.8, 4) is 17.0 Å². The van der Waals surface area contributed by atoms with Gasteiger partial charge in [-0.15, -0.1) is 0 Å². The summed E-state index contributed by atoms with van der Waals surface area (Å²) in [6, 6.07) is 8.04. The first kappa shape index (κ1) is 13.2. The number of ether oxygens (including phenoxy) is 1. The topological polar surface area (TPSA) is 63.9 Å². The molecule has 1 fully saturated rings. The van der Waals surface area contributed by atoms with Crippen LogP contribution in [0.4, 0.5) is 0 Å². The van der Waals surface area contributed by atoms with E-state index < -0.39 is 0 Å². The highest BCUT2D eigenvalue weighted by Gasteiger charge is 2.33. The second-order valence-electron chi connectivity index (χ2n) is 5.47. The first-order chi connectivity index (χ1) is 9.71. The van der Waals surface area contributed by atoms with Crippen molar-refractivity contribution in [3.05, 3.63) is 36.3 Å². The summed E-state index contributed by atoms with van der Waals surface area (Å²) in [4.78, 5) is 7.88. The van der Waals surface area contributed by atoms with Gasteiger partial charge in [0.05, 0.1) is 24.0 Å². The number of nitrogens with zero attached hydrogens (tertiary/aromatic N) is 1. The molecule has 0 amide bonds. The molecule has 3 rings (SSSR count). The predicted molar refractivity (Wildman–Crippen MR) is 79.5 cm³/mol. The summed E-state index contributed by atoms with van der Waals surface area (Å²) in [5, 5.41) is 0. The van der Waals surface area contributed by atoms with Gasteiger partial charge in [-0.1, -0.05) is 12.8 Å². The minimum absolute atomic E-state index is 0.260. The molecular formula is C16H21N3O. The Labute approximate surface area is 119 Å². The van der Waals surface area contributed by atoms with Gasteiger partial charge in [0.2, 0.25) is 0 Å². The van der Waals surface area contributed by atoms with Crippen LogP contribution in [0.15, 0.2) is 30.5 Å². The smallest absolute Gasteiger partial charge is 0.126 e. The Bertz CT molecular complexity index is 568. The molecule has 0 spiro atoms. The average Bonchev–Trinajstić information content (AvgIpc) is 3.10. The molecule has 0 atom stereocenters. The summed E-state index contributed by atoms with van der Waals surface area (Å²) in [5.41, 5.74) is 8.28. The molecule has 1 aliphatic carbocycles. The van der Waals surface area contributed by atoms with Gasteiger partial charge in [-0.25, -0.2) is 4.98 Å². The number of hydrogen-bond acceptors (Lipinski definition) is 3. The average molecular weight is 271 g/mol. The van der Waals surface area contributed by atoms with Crippen LogP contribution in [0.2, 0.25) is 0 Å². The van der Waals surface area contributed by atoms with Gasteiger partial charge in [0.25, 0.3) is 0 Å². The molecule has 1 saturated carbocycles. The molecule has 2 aromatic rings.